The van der Waals surface area contributed by atoms with Crippen molar-refractivity contribution in [3.8, 4) is 0 Å². The third kappa shape index (κ3) is 4.03. The number of anilines is 1. The van der Waals surface area contributed by atoms with Crippen LogP contribution in [-0.4, -0.2) is 49.8 Å². The van der Waals surface area contributed by atoms with Crippen LogP contribution in [-0.2, 0) is 20.8 Å². The molecule has 0 saturated carbocycles. The van der Waals surface area contributed by atoms with Gasteiger partial charge < -0.3 is 14.8 Å². The van der Waals surface area contributed by atoms with E-state index in [1.165, 1.54) is 31.5 Å². The van der Waals surface area contributed by atoms with Gasteiger partial charge in [0.25, 0.3) is 5.91 Å². The first-order valence-corrected chi connectivity index (χ1v) is 7.63. The Morgan fingerprint density at radius 1 is 1.29 bits per heavy atom. The predicted molar refractivity (Wildman–Crippen MR) is 80.1 cm³/mol. The minimum Gasteiger partial charge on any atom is -0.376 e. The molecule has 1 atom stereocenters. The van der Waals surface area contributed by atoms with Crippen LogP contribution in [0.4, 0.5) is 5.69 Å². The van der Waals surface area contributed by atoms with Crippen molar-refractivity contribution in [1.29, 1.82) is 0 Å². The molecule has 1 N–H and O–H groups in total. The highest BCUT2D eigenvalue weighted by molar-refractivity contribution is 5.94. The summed E-state index contributed by atoms with van der Waals surface area (Å²) in [7, 11) is 0. The third-order valence-electron chi connectivity index (χ3n) is 3.91. The van der Waals surface area contributed by atoms with Crippen LogP contribution in [0.5, 0.6) is 0 Å². The van der Waals surface area contributed by atoms with E-state index in [4.69, 9.17) is 9.47 Å². The minimum absolute atomic E-state index is 0.131. The van der Waals surface area contributed by atoms with Crippen LogP contribution in [0.2, 0.25) is 0 Å². The lowest BCUT2D eigenvalue weighted by Gasteiger charge is -2.22. The lowest BCUT2D eigenvalue weighted by Crippen LogP contribution is -2.39. The molecular weight excluding hydrogens is 268 g/mol. The van der Waals surface area contributed by atoms with Gasteiger partial charge in [0.15, 0.2) is 6.10 Å². The molecule has 2 fully saturated rings. The minimum atomic E-state index is -0.499. The molecular formula is C16H22N2O3. The fourth-order valence-corrected chi connectivity index (χ4v) is 2.81. The maximum Gasteiger partial charge on any atom is 0.255 e. The monoisotopic (exact) mass is 290 g/mol. The van der Waals surface area contributed by atoms with E-state index in [2.05, 4.69) is 16.3 Å². The van der Waals surface area contributed by atoms with Crippen molar-refractivity contribution in [1.82, 2.24) is 4.90 Å². The molecule has 0 spiro atoms. The first-order valence-electron chi connectivity index (χ1n) is 7.63. The fourth-order valence-electron chi connectivity index (χ4n) is 2.81. The lowest BCUT2D eigenvalue weighted by molar-refractivity contribution is -0.142. The average molecular weight is 290 g/mol. The van der Waals surface area contributed by atoms with Gasteiger partial charge in [-0.3, -0.25) is 9.69 Å². The van der Waals surface area contributed by atoms with Crippen LogP contribution >= 0.6 is 0 Å². The Balaban J connectivity index is 1.58. The summed E-state index contributed by atoms with van der Waals surface area (Å²) in [6, 6.07) is 8.04. The van der Waals surface area contributed by atoms with Crippen molar-refractivity contribution in [3.63, 3.8) is 0 Å². The normalized spacial score (nSPS) is 23.1. The number of amides is 1. The molecule has 2 saturated heterocycles. The number of carbonyl (C=O) groups excluding carboxylic acids is 1. The highest BCUT2D eigenvalue weighted by Crippen LogP contribution is 2.16. The van der Waals surface area contributed by atoms with E-state index in [0.717, 1.165) is 12.2 Å². The van der Waals surface area contributed by atoms with Crippen molar-refractivity contribution in [2.75, 3.05) is 38.2 Å². The standard InChI is InChI=1S/C16H22N2O3/c19-16(15-12-20-8-9-21-15)17-14-5-3-4-13(10-14)11-18-6-1-2-7-18/h3-5,10,15H,1-2,6-9,11-12H2,(H,17,19)/t15-/m1/s1. The maximum absolute atomic E-state index is 12.1. The Hall–Kier alpha value is -1.43. The van der Waals surface area contributed by atoms with Crippen LogP contribution in [0.15, 0.2) is 24.3 Å². The van der Waals surface area contributed by atoms with Gasteiger partial charge in [-0.2, -0.15) is 0 Å². The molecule has 2 aliphatic rings. The molecule has 5 nitrogen and oxygen atoms in total. The van der Waals surface area contributed by atoms with Crippen molar-refractivity contribution in [2.24, 2.45) is 0 Å². The SMILES string of the molecule is O=C(Nc1cccc(CN2CCCC2)c1)[C@H]1COCCO1. The van der Waals surface area contributed by atoms with Gasteiger partial charge in [-0.1, -0.05) is 12.1 Å². The van der Waals surface area contributed by atoms with Crippen molar-refractivity contribution >= 4 is 11.6 Å². The van der Waals surface area contributed by atoms with E-state index in [0.29, 0.717) is 19.8 Å². The first kappa shape index (κ1) is 14.5. The quantitative estimate of drug-likeness (QED) is 0.916. The Morgan fingerprint density at radius 2 is 2.14 bits per heavy atom. The second-order valence-corrected chi connectivity index (χ2v) is 5.61. The molecule has 1 amide bonds. The number of ether oxygens (including phenoxy) is 2. The maximum atomic E-state index is 12.1. The topological polar surface area (TPSA) is 50.8 Å². The van der Waals surface area contributed by atoms with Crippen LogP contribution < -0.4 is 5.32 Å². The summed E-state index contributed by atoms with van der Waals surface area (Å²) in [5, 5.41) is 2.91. The van der Waals surface area contributed by atoms with Gasteiger partial charge in [0.05, 0.1) is 19.8 Å². The van der Waals surface area contributed by atoms with E-state index in [1.807, 2.05) is 18.2 Å². The van der Waals surface area contributed by atoms with E-state index in [9.17, 15) is 4.79 Å². The summed E-state index contributed by atoms with van der Waals surface area (Å²) in [6.45, 7) is 4.67. The lowest BCUT2D eigenvalue weighted by atomic mass is 10.2. The molecule has 0 unspecified atom stereocenters. The van der Waals surface area contributed by atoms with Crippen molar-refractivity contribution in [3.05, 3.63) is 29.8 Å². The fraction of sp³-hybridized carbons (Fsp3) is 0.562. The third-order valence-corrected chi connectivity index (χ3v) is 3.91. The molecule has 1 aromatic carbocycles. The van der Waals surface area contributed by atoms with Gasteiger partial charge in [0.2, 0.25) is 0 Å². The van der Waals surface area contributed by atoms with Gasteiger partial charge in [-0.15, -0.1) is 0 Å². The second kappa shape index (κ2) is 7.02. The number of hydrogen-bond donors (Lipinski definition) is 1. The van der Waals surface area contributed by atoms with E-state index in [1.54, 1.807) is 0 Å². The smallest absolute Gasteiger partial charge is 0.255 e. The average Bonchev–Trinajstić information content (AvgIpc) is 3.01. The molecule has 0 bridgehead atoms. The van der Waals surface area contributed by atoms with Crippen molar-refractivity contribution < 1.29 is 14.3 Å². The molecule has 5 heteroatoms. The molecule has 0 aliphatic carbocycles. The highest BCUT2D eigenvalue weighted by Gasteiger charge is 2.22. The van der Waals surface area contributed by atoms with Gasteiger partial charge in [-0.05, 0) is 43.6 Å². The summed E-state index contributed by atoms with van der Waals surface area (Å²) in [5.74, 6) is -0.131. The number of benzene rings is 1. The number of likely N-dealkylation sites (tertiary alicyclic amines) is 1. The molecule has 1 aromatic rings. The number of nitrogens with zero attached hydrogens (tertiary/aromatic N) is 1. The number of rotatable bonds is 4. The van der Waals surface area contributed by atoms with E-state index >= 15 is 0 Å². The number of hydrogen-bond acceptors (Lipinski definition) is 4. The zero-order valence-corrected chi connectivity index (χ0v) is 12.2. The molecule has 3 rings (SSSR count). The Bertz CT molecular complexity index is 480. The summed E-state index contributed by atoms with van der Waals surface area (Å²) >= 11 is 0. The Morgan fingerprint density at radius 3 is 2.90 bits per heavy atom. The molecule has 2 heterocycles. The van der Waals surface area contributed by atoms with Gasteiger partial charge in [-0.25, -0.2) is 0 Å². The summed E-state index contributed by atoms with van der Waals surface area (Å²) in [5.41, 5.74) is 2.06. The first-order chi connectivity index (χ1) is 10.3. The number of carbonyl (C=O) groups is 1. The molecule has 2 aliphatic heterocycles. The summed E-state index contributed by atoms with van der Waals surface area (Å²) in [4.78, 5) is 14.5. The molecule has 21 heavy (non-hydrogen) atoms. The second-order valence-electron chi connectivity index (χ2n) is 5.61. The summed E-state index contributed by atoms with van der Waals surface area (Å²) in [6.07, 6.45) is 2.08. The van der Waals surface area contributed by atoms with Crippen LogP contribution in [0.1, 0.15) is 18.4 Å². The largest absolute Gasteiger partial charge is 0.376 e. The predicted octanol–water partition coefficient (Wildman–Crippen LogP) is 1.64. The molecule has 114 valence electrons. The zero-order chi connectivity index (χ0) is 14.5. The molecule has 0 radical (unpaired) electrons. The number of nitrogens with one attached hydrogen (secondary N) is 1. The summed E-state index contributed by atoms with van der Waals surface area (Å²) < 4.78 is 10.7. The van der Waals surface area contributed by atoms with Gasteiger partial charge in [0.1, 0.15) is 0 Å². The van der Waals surface area contributed by atoms with Crippen LogP contribution in [0.25, 0.3) is 0 Å². The van der Waals surface area contributed by atoms with E-state index in [-0.39, 0.29) is 5.91 Å². The van der Waals surface area contributed by atoms with Gasteiger partial charge in [0, 0.05) is 12.2 Å². The van der Waals surface area contributed by atoms with Crippen LogP contribution in [0.3, 0.4) is 0 Å². The highest BCUT2D eigenvalue weighted by atomic mass is 16.6. The van der Waals surface area contributed by atoms with Crippen LogP contribution in [0, 0.1) is 0 Å². The zero-order valence-electron chi connectivity index (χ0n) is 12.2. The Labute approximate surface area is 125 Å². The van der Waals surface area contributed by atoms with E-state index < -0.39 is 6.10 Å². The van der Waals surface area contributed by atoms with Crippen molar-refractivity contribution in [2.45, 2.75) is 25.5 Å². The molecule has 0 aromatic heterocycles. The Kier molecular flexibility index (Phi) is 4.85. The van der Waals surface area contributed by atoms with Gasteiger partial charge >= 0.3 is 0 Å².